The van der Waals surface area contributed by atoms with Crippen LogP contribution in [-0.2, 0) is 0 Å². The molecule has 0 saturated carbocycles. The lowest BCUT2D eigenvalue weighted by Crippen LogP contribution is -2.14. The summed E-state index contributed by atoms with van der Waals surface area (Å²) >= 11 is 0. The van der Waals surface area contributed by atoms with Crippen molar-refractivity contribution in [2.24, 2.45) is 0 Å². The molecule has 16 heavy (non-hydrogen) atoms. The highest BCUT2D eigenvalue weighted by Crippen LogP contribution is 2.14. The molecule has 0 radical (unpaired) electrons. The Hall–Kier alpha value is -1.59. The lowest BCUT2D eigenvalue weighted by atomic mass is 10.3. The van der Waals surface area contributed by atoms with Gasteiger partial charge in [0.2, 0.25) is 5.95 Å². The van der Waals surface area contributed by atoms with Crippen molar-refractivity contribution in [1.82, 2.24) is 15.0 Å². The van der Waals surface area contributed by atoms with Gasteiger partial charge in [-0.15, -0.1) is 4.98 Å². The number of hydrogen-bond acceptors (Lipinski definition) is 6. The van der Waals surface area contributed by atoms with Crippen LogP contribution in [0.15, 0.2) is 0 Å². The fourth-order valence-electron chi connectivity index (χ4n) is 0.959. The molecule has 0 aliphatic heterocycles. The van der Waals surface area contributed by atoms with E-state index < -0.39 is 0 Å². The molecule has 1 aromatic heterocycles. The number of nitrogens with zero attached hydrogens (tertiary/aromatic N) is 3. The molecule has 1 heterocycles. The first-order valence-electron chi connectivity index (χ1n) is 5.42. The first kappa shape index (κ1) is 12.5. The van der Waals surface area contributed by atoms with Crippen LogP contribution in [0.2, 0.25) is 0 Å². The number of nitrogens with one attached hydrogen (secondary N) is 1. The highest BCUT2D eigenvalue weighted by atomic mass is 16.5. The summed E-state index contributed by atoms with van der Waals surface area (Å²) in [5, 5.41) is 2.84. The summed E-state index contributed by atoms with van der Waals surface area (Å²) in [4.78, 5) is 12.2. The van der Waals surface area contributed by atoms with Gasteiger partial charge in [-0.25, -0.2) is 0 Å². The Balaban J connectivity index is 2.85. The van der Waals surface area contributed by atoms with E-state index in [1.165, 1.54) is 0 Å². The van der Waals surface area contributed by atoms with Crippen molar-refractivity contribution in [2.45, 2.75) is 33.3 Å². The van der Waals surface area contributed by atoms with E-state index in [0.717, 1.165) is 6.42 Å². The molecule has 0 fully saturated rings. The number of aromatic nitrogens is 3. The second kappa shape index (κ2) is 6.09. The monoisotopic (exact) mass is 226 g/mol. The van der Waals surface area contributed by atoms with Gasteiger partial charge in [0.05, 0.1) is 12.7 Å². The largest absolute Gasteiger partial charge is 0.464 e. The first-order valence-corrected chi connectivity index (χ1v) is 5.42. The van der Waals surface area contributed by atoms with Crippen LogP contribution in [0.4, 0.5) is 5.95 Å². The van der Waals surface area contributed by atoms with Crippen molar-refractivity contribution in [2.75, 3.05) is 19.0 Å². The highest BCUT2D eigenvalue weighted by Gasteiger charge is 2.09. The summed E-state index contributed by atoms with van der Waals surface area (Å²) in [6.07, 6.45) is 0.964. The molecule has 0 aliphatic rings. The van der Waals surface area contributed by atoms with Crippen molar-refractivity contribution in [1.29, 1.82) is 0 Å². The van der Waals surface area contributed by atoms with Crippen LogP contribution in [0.1, 0.15) is 27.2 Å². The van der Waals surface area contributed by atoms with E-state index in [-0.39, 0.29) is 18.1 Å². The van der Waals surface area contributed by atoms with E-state index in [9.17, 15) is 0 Å². The SMILES string of the molecule is CCOc1nc(NC)nc(OC(C)CC)n1. The number of ether oxygens (including phenoxy) is 2. The van der Waals surface area contributed by atoms with Gasteiger partial charge in [0.1, 0.15) is 0 Å². The van der Waals surface area contributed by atoms with E-state index >= 15 is 0 Å². The lowest BCUT2D eigenvalue weighted by Gasteiger charge is -2.11. The van der Waals surface area contributed by atoms with Gasteiger partial charge in [-0.3, -0.25) is 0 Å². The zero-order valence-corrected chi connectivity index (χ0v) is 10.1. The minimum absolute atomic E-state index is 0.0709. The molecule has 0 saturated heterocycles. The third-order valence-corrected chi connectivity index (χ3v) is 1.97. The zero-order chi connectivity index (χ0) is 12.0. The molecule has 1 aromatic rings. The van der Waals surface area contributed by atoms with Gasteiger partial charge < -0.3 is 14.8 Å². The Kier molecular flexibility index (Phi) is 4.75. The average Bonchev–Trinajstić information content (AvgIpc) is 2.29. The molecular formula is C10H18N4O2. The molecule has 6 heteroatoms. The maximum atomic E-state index is 5.51. The fourth-order valence-corrected chi connectivity index (χ4v) is 0.959. The summed E-state index contributed by atoms with van der Waals surface area (Å²) in [6, 6.07) is 0.567. The Bertz CT molecular complexity index is 333. The quantitative estimate of drug-likeness (QED) is 0.792. The molecule has 1 atom stereocenters. The normalized spacial score (nSPS) is 12.0. The fraction of sp³-hybridized carbons (Fsp3) is 0.700. The van der Waals surface area contributed by atoms with Crippen molar-refractivity contribution in [3.8, 4) is 12.0 Å². The average molecular weight is 226 g/mol. The highest BCUT2D eigenvalue weighted by molar-refractivity contribution is 5.26. The molecule has 0 aromatic carbocycles. The third-order valence-electron chi connectivity index (χ3n) is 1.97. The number of rotatable bonds is 6. The van der Waals surface area contributed by atoms with E-state index in [2.05, 4.69) is 20.3 Å². The number of hydrogen-bond donors (Lipinski definition) is 1. The first-order chi connectivity index (χ1) is 7.69. The summed E-state index contributed by atoms with van der Waals surface area (Å²) in [7, 11) is 1.73. The van der Waals surface area contributed by atoms with Crippen LogP contribution >= 0.6 is 0 Å². The summed E-state index contributed by atoms with van der Waals surface area (Å²) in [5.41, 5.74) is 0. The summed E-state index contributed by atoms with van der Waals surface area (Å²) < 4.78 is 10.7. The minimum Gasteiger partial charge on any atom is -0.464 e. The van der Waals surface area contributed by atoms with Gasteiger partial charge in [0.25, 0.3) is 0 Å². The lowest BCUT2D eigenvalue weighted by molar-refractivity contribution is 0.194. The molecule has 0 spiro atoms. The smallest absolute Gasteiger partial charge is 0.324 e. The Morgan fingerprint density at radius 1 is 1.19 bits per heavy atom. The maximum absolute atomic E-state index is 5.51. The third kappa shape index (κ3) is 3.52. The molecule has 0 aliphatic carbocycles. The Morgan fingerprint density at radius 2 is 1.88 bits per heavy atom. The number of anilines is 1. The van der Waals surface area contributed by atoms with Crippen LogP contribution in [-0.4, -0.2) is 34.7 Å². The molecule has 1 unspecified atom stereocenters. The molecule has 0 amide bonds. The summed E-state index contributed by atoms with van der Waals surface area (Å²) in [5.74, 6) is 0.441. The van der Waals surface area contributed by atoms with E-state index in [1.807, 2.05) is 20.8 Å². The molecule has 90 valence electrons. The van der Waals surface area contributed by atoms with E-state index in [0.29, 0.717) is 12.6 Å². The topological polar surface area (TPSA) is 69.2 Å². The van der Waals surface area contributed by atoms with Crippen LogP contribution in [0.3, 0.4) is 0 Å². The Labute approximate surface area is 95.4 Å². The second-order valence-electron chi connectivity index (χ2n) is 3.24. The van der Waals surface area contributed by atoms with Crippen molar-refractivity contribution in [3.05, 3.63) is 0 Å². The van der Waals surface area contributed by atoms with Gasteiger partial charge in [0.15, 0.2) is 0 Å². The zero-order valence-electron chi connectivity index (χ0n) is 10.1. The van der Waals surface area contributed by atoms with E-state index in [4.69, 9.17) is 9.47 Å². The van der Waals surface area contributed by atoms with Gasteiger partial charge >= 0.3 is 12.0 Å². The molecular weight excluding hydrogens is 208 g/mol. The molecule has 1 N–H and O–H groups in total. The molecule has 1 rings (SSSR count). The van der Waals surface area contributed by atoms with Crippen molar-refractivity contribution < 1.29 is 9.47 Å². The molecule has 0 bridgehead atoms. The van der Waals surface area contributed by atoms with Gasteiger partial charge in [-0.1, -0.05) is 6.92 Å². The minimum atomic E-state index is 0.0709. The van der Waals surface area contributed by atoms with Crippen molar-refractivity contribution >= 4 is 5.95 Å². The van der Waals surface area contributed by atoms with Crippen LogP contribution in [0.5, 0.6) is 12.0 Å². The summed E-state index contributed by atoms with van der Waals surface area (Å²) in [6.45, 7) is 6.38. The predicted molar refractivity (Wildman–Crippen MR) is 60.9 cm³/mol. The molecule has 6 nitrogen and oxygen atoms in total. The van der Waals surface area contributed by atoms with Crippen LogP contribution in [0, 0.1) is 0 Å². The van der Waals surface area contributed by atoms with Crippen LogP contribution < -0.4 is 14.8 Å². The predicted octanol–water partition coefficient (Wildman–Crippen LogP) is 1.49. The standard InChI is InChI=1S/C10H18N4O2/c1-5-7(3)16-10-13-8(11-4)12-9(14-10)15-6-2/h7H,5-6H2,1-4H3,(H,11,12,13,14). The van der Waals surface area contributed by atoms with Gasteiger partial charge in [0, 0.05) is 7.05 Å². The maximum Gasteiger partial charge on any atom is 0.324 e. The van der Waals surface area contributed by atoms with Gasteiger partial charge in [-0.05, 0) is 20.3 Å². The van der Waals surface area contributed by atoms with Crippen molar-refractivity contribution in [3.63, 3.8) is 0 Å². The Morgan fingerprint density at radius 3 is 2.44 bits per heavy atom. The van der Waals surface area contributed by atoms with E-state index in [1.54, 1.807) is 7.05 Å². The van der Waals surface area contributed by atoms with Crippen LogP contribution in [0.25, 0.3) is 0 Å². The second-order valence-corrected chi connectivity index (χ2v) is 3.24. The van der Waals surface area contributed by atoms with Gasteiger partial charge in [-0.2, -0.15) is 9.97 Å².